The average Bonchev–Trinajstić information content (AvgIpc) is 2.34. The number of furan rings is 1. The standard InChI is InChI=1S/C8H13NO/c1-6-3-4-10-8(6)7(2)5-9/h3-4,7H,5,9H2,1-2H3. The van der Waals surface area contributed by atoms with Gasteiger partial charge in [0.15, 0.2) is 0 Å². The first-order chi connectivity index (χ1) is 4.75. The largest absolute Gasteiger partial charge is 0.469 e. The second-order valence-corrected chi connectivity index (χ2v) is 2.60. The van der Waals surface area contributed by atoms with Crippen LogP contribution in [0.5, 0.6) is 0 Å². The molecule has 56 valence electrons. The van der Waals surface area contributed by atoms with Gasteiger partial charge >= 0.3 is 0 Å². The summed E-state index contributed by atoms with van der Waals surface area (Å²) >= 11 is 0. The summed E-state index contributed by atoms with van der Waals surface area (Å²) in [7, 11) is 0. The normalized spacial score (nSPS) is 13.5. The molecular weight excluding hydrogens is 126 g/mol. The molecule has 0 aliphatic rings. The third-order valence-corrected chi connectivity index (χ3v) is 1.70. The van der Waals surface area contributed by atoms with E-state index in [9.17, 15) is 0 Å². The van der Waals surface area contributed by atoms with Crippen molar-refractivity contribution in [2.24, 2.45) is 5.73 Å². The van der Waals surface area contributed by atoms with Crippen molar-refractivity contribution in [3.05, 3.63) is 23.7 Å². The molecule has 10 heavy (non-hydrogen) atoms. The van der Waals surface area contributed by atoms with Crippen molar-refractivity contribution < 1.29 is 4.42 Å². The van der Waals surface area contributed by atoms with Gasteiger partial charge in [0.25, 0.3) is 0 Å². The Kier molecular flexibility index (Phi) is 2.12. The molecule has 1 unspecified atom stereocenters. The molecule has 2 N–H and O–H groups in total. The van der Waals surface area contributed by atoms with Crippen LogP contribution in [0.1, 0.15) is 24.2 Å². The van der Waals surface area contributed by atoms with E-state index < -0.39 is 0 Å². The molecule has 2 nitrogen and oxygen atoms in total. The second kappa shape index (κ2) is 2.88. The predicted molar refractivity (Wildman–Crippen MR) is 40.9 cm³/mol. The summed E-state index contributed by atoms with van der Waals surface area (Å²) in [6.07, 6.45) is 1.71. The van der Waals surface area contributed by atoms with Crippen LogP contribution in [-0.4, -0.2) is 6.54 Å². The lowest BCUT2D eigenvalue weighted by atomic mass is 10.1. The van der Waals surface area contributed by atoms with E-state index >= 15 is 0 Å². The Balaban J connectivity index is 2.82. The van der Waals surface area contributed by atoms with Crippen LogP contribution in [0.4, 0.5) is 0 Å². The molecule has 0 radical (unpaired) electrons. The summed E-state index contributed by atoms with van der Waals surface area (Å²) in [5.74, 6) is 1.36. The van der Waals surface area contributed by atoms with Gasteiger partial charge in [-0.25, -0.2) is 0 Å². The van der Waals surface area contributed by atoms with Crippen molar-refractivity contribution in [3.8, 4) is 0 Å². The van der Waals surface area contributed by atoms with E-state index in [0.717, 1.165) is 5.76 Å². The van der Waals surface area contributed by atoms with Gasteiger partial charge in [0.2, 0.25) is 0 Å². The highest BCUT2D eigenvalue weighted by Crippen LogP contribution is 2.18. The van der Waals surface area contributed by atoms with E-state index in [1.54, 1.807) is 6.26 Å². The number of nitrogens with two attached hydrogens (primary N) is 1. The minimum atomic E-state index is 0.343. The van der Waals surface area contributed by atoms with Crippen LogP contribution in [-0.2, 0) is 0 Å². The molecular formula is C8H13NO. The molecule has 1 aromatic heterocycles. The SMILES string of the molecule is Cc1ccoc1C(C)CN. The molecule has 0 aromatic carbocycles. The molecule has 0 saturated carbocycles. The van der Waals surface area contributed by atoms with Crippen LogP contribution < -0.4 is 5.73 Å². The van der Waals surface area contributed by atoms with Crippen LogP contribution in [0.15, 0.2) is 16.7 Å². The Labute approximate surface area is 61.0 Å². The third kappa shape index (κ3) is 1.21. The first-order valence-electron chi connectivity index (χ1n) is 3.49. The lowest BCUT2D eigenvalue weighted by Gasteiger charge is -2.04. The first-order valence-corrected chi connectivity index (χ1v) is 3.49. The zero-order chi connectivity index (χ0) is 7.56. The van der Waals surface area contributed by atoms with E-state index in [2.05, 4.69) is 6.92 Å². The molecule has 0 aliphatic heterocycles. The highest BCUT2D eigenvalue weighted by atomic mass is 16.3. The fraction of sp³-hybridized carbons (Fsp3) is 0.500. The van der Waals surface area contributed by atoms with E-state index in [1.165, 1.54) is 5.56 Å². The Hall–Kier alpha value is -0.760. The van der Waals surface area contributed by atoms with Gasteiger partial charge in [-0.1, -0.05) is 6.92 Å². The number of hydrogen-bond donors (Lipinski definition) is 1. The van der Waals surface area contributed by atoms with Gasteiger partial charge in [0.1, 0.15) is 5.76 Å². The van der Waals surface area contributed by atoms with Gasteiger partial charge in [-0.3, -0.25) is 0 Å². The van der Waals surface area contributed by atoms with Gasteiger partial charge in [-0.05, 0) is 18.6 Å². The third-order valence-electron chi connectivity index (χ3n) is 1.70. The van der Waals surface area contributed by atoms with Gasteiger partial charge in [0, 0.05) is 12.5 Å². The Morgan fingerprint density at radius 3 is 2.80 bits per heavy atom. The highest BCUT2D eigenvalue weighted by Gasteiger charge is 2.08. The van der Waals surface area contributed by atoms with Crippen LogP contribution >= 0.6 is 0 Å². The topological polar surface area (TPSA) is 39.2 Å². The van der Waals surface area contributed by atoms with E-state index in [4.69, 9.17) is 10.2 Å². The average molecular weight is 139 g/mol. The minimum Gasteiger partial charge on any atom is -0.469 e. The van der Waals surface area contributed by atoms with Crippen molar-refractivity contribution in [2.45, 2.75) is 19.8 Å². The fourth-order valence-electron chi connectivity index (χ4n) is 0.996. The van der Waals surface area contributed by atoms with Gasteiger partial charge in [0.05, 0.1) is 6.26 Å². The van der Waals surface area contributed by atoms with Gasteiger partial charge < -0.3 is 10.2 Å². The van der Waals surface area contributed by atoms with E-state index in [-0.39, 0.29) is 0 Å². The number of aryl methyl sites for hydroxylation is 1. The first kappa shape index (κ1) is 7.35. The molecule has 1 heterocycles. The van der Waals surface area contributed by atoms with Crippen LogP contribution in [0, 0.1) is 6.92 Å². The Bertz CT molecular complexity index is 205. The van der Waals surface area contributed by atoms with Crippen molar-refractivity contribution in [1.29, 1.82) is 0 Å². The minimum absolute atomic E-state index is 0.343. The molecule has 0 fully saturated rings. The summed E-state index contributed by atoms with van der Waals surface area (Å²) in [4.78, 5) is 0. The zero-order valence-electron chi connectivity index (χ0n) is 6.42. The Morgan fingerprint density at radius 1 is 1.70 bits per heavy atom. The molecule has 2 heteroatoms. The molecule has 1 atom stereocenters. The summed E-state index contributed by atoms with van der Waals surface area (Å²) < 4.78 is 5.24. The van der Waals surface area contributed by atoms with Crippen LogP contribution in [0.25, 0.3) is 0 Å². The zero-order valence-corrected chi connectivity index (χ0v) is 6.42. The molecule has 0 spiro atoms. The maximum absolute atomic E-state index is 5.47. The fourth-order valence-corrected chi connectivity index (χ4v) is 0.996. The number of rotatable bonds is 2. The maximum atomic E-state index is 5.47. The smallest absolute Gasteiger partial charge is 0.110 e. The Morgan fingerprint density at radius 2 is 2.40 bits per heavy atom. The molecule has 0 bridgehead atoms. The van der Waals surface area contributed by atoms with Crippen molar-refractivity contribution in [3.63, 3.8) is 0 Å². The summed E-state index contributed by atoms with van der Waals surface area (Å²) in [6, 6.07) is 1.96. The van der Waals surface area contributed by atoms with Gasteiger partial charge in [-0.2, -0.15) is 0 Å². The molecule has 1 aromatic rings. The summed E-state index contributed by atoms with van der Waals surface area (Å²) in [6.45, 7) is 4.74. The molecule has 0 amide bonds. The molecule has 0 saturated heterocycles. The van der Waals surface area contributed by atoms with Crippen molar-refractivity contribution in [2.75, 3.05) is 6.54 Å². The summed E-state index contributed by atoms with van der Waals surface area (Å²) in [5, 5.41) is 0. The van der Waals surface area contributed by atoms with Crippen molar-refractivity contribution >= 4 is 0 Å². The predicted octanol–water partition coefficient (Wildman–Crippen LogP) is 1.65. The molecule has 1 rings (SSSR count). The van der Waals surface area contributed by atoms with E-state index in [0.29, 0.717) is 12.5 Å². The summed E-state index contributed by atoms with van der Waals surface area (Å²) in [5.41, 5.74) is 6.66. The molecule has 0 aliphatic carbocycles. The highest BCUT2D eigenvalue weighted by molar-refractivity contribution is 5.18. The van der Waals surface area contributed by atoms with Crippen molar-refractivity contribution in [1.82, 2.24) is 0 Å². The van der Waals surface area contributed by atoms with Gasteiger partial charge in [-0.15, -0.1) is 0 Å². The monoisotopic (exact) mass is 139 g/mol. The lowest BCUT2D eigenvalue weighted by Crippen LogP contribution is -2.08. The van der Waals surface area contributed by atoms with E-state index in [1.807, 2.05) is 13.0 Å². The van der Waals surface area contributed by atoms with Crippen LogP contribution in [0.3, 0.4) is 0 Å². The maximum Gasteiger partial charge on any atom is 0.110 e. The second-order valence-electron chi connectivity index (χ2n) is 2.60. The number of hydrogen-bond acceptors (Lipinski definition) is 2. The van der Waals surface area contributed by atoms with Crippen LogP contribution in [0.2, 0.25) is 0 Å². The lowest BCUT2D eigenvalue weighted by molar-refractivity contribution is 0.474. The quantitative estimate of drug-likeness (QED) is 0.676.